The summed E-state index contributed by atoms with van der Waals surface area (Å²) in [6.45, 7) is 3.37. The SMILES string of the molecule is CCC1C2C1C21CCC2C(C(=O)NCC3CC4CC3C3CC43)C21. The smallest absolute Gasteiger partial charge is 0.223 e. The lowest BCUT2D eigenvalue weighted by molar-refractivity contribution is -0.123. The highest BCUT2D eigenvalue weighted by molar-refractivity contribution is 5.83. The molecule has 2 heteroatoms. The molecule has 0 radical (unpaired) electrons. The van der Waals surface area contributed by atoms with Gasteiger partial charge in [0.1, 0.15) is 0 Å². The Labute approximate surface area is 139 Å². The van der Waals surface area contributed by atoms with Crippen molar-refractivity contribution in [3.05, 3.63) is 0 Å². The summed E-state index contributed by atoms with van der Waals surface area (Å²) in [6, 6.07) is 0. The Hall–Kier alpha value is -0.530. The highest BCUT2D eigenvalue weighted by Crippen LogP contribution is 2.93. The van der Waals surface area contributed by atoms with Gasteiger partial charge >= 0.3 is 0 Å². The number of fused-ring (bicyclic) bond motifs is 10. The Morgan fingerprint density at radius 1 is 1.04 bits per heavy atom. The second kappa shape index (κ2) is 3.68. The van der Waals surface area contributed by atoms with Gasteiger partial charge in [0.15, 0.2) is 0 Å². The average Bonchev–Trinajstić information content (AvgIpc) is 3.48. The monoisotopic (exact) mass is 311 g/mol. The number of rotatable bonds is 4. The number of carbonyl (C=O) groups excluding carboxylic acids is 1. The van der Waals surface area contributed by atoms with Gasteiger partial charge in [0.25, 0.3) is 0 Å². The lowest BCUT2D eigenvalue weighted by Gasteiger charge is -2.25. The van der Waals surface area contributed by atoms with Crippen LogP contribution in [0, 0.1) is 70.5 Å². The first kappa shape index (κ1) is 12.8. The van der Waals surface area contributed by atoms with E-state index in [-0.39, 0.29) is 0 Å². The van der Waals surface area contributed by atoms with Crippen LogP contribution in [0.2, 0.25) is 0 Å². The average molecular weight is 311 g/mol. The molecule has 7 fully saturated rings. The van der Waals surface area contributed by atoms with Gasteiger partial charge in [-0.2, -0.15) is 0 Å². The van der Waals surface area contributed by atoms with Crippen LogP contribution in [0.1, 0.15) is 45.4 Å². The highest BCUT2D eigenvalue weighted by atomic mass is 16.2. The molecule has 10 unspecified atom stereocenters. The van der Waals surface area contributed by atoms with Crippen LogP contribution in [-0.4, -0.2) is 12.5 Å². The van der Waals surface area contributed by atoms with Gasteiger partial charge in [-0.1, -0.05) is 13.3 Å². The molecular weight excluding hydrogens is 282 g/mol. The van der Waals surface area contributed by atoms with Crippen LogP contribution in [0.25, 0.3) is 0 Å². The molecule has 7 saturated carbocycles. The topological polar surface area (TPSA) is 29.1 Å². The van der Waals surface area contributed by atoms with E-state index >= 15 is 0 Å². The summed E-state index contributed by atoms with van der Waals surface area (Å²) in [4.78, 5) is 12.8. The second-order valence-corrected chi connectivity index (χ2v) is 10.5. The molecule has 0 saturated heterocycles. The van der Waals surface area contributed by atoms with Crippen LogP contribution in [-0.2, 0) is 4.79 Å². The Morgan fingerprint density at radius 3 is 2.65 bits per heavy atom. The van der Waals surface area contributed by atoms with Crippen molar-refractivity contribution >= 4 is 5.91 Å². The van der Waals surface area contributed by atoms with E-state index in [2.05, 4.69) is 12.2 Å². The summed E-state index contributed by atoms with van der Waals surface area (Å²) in [7, 11) is 0. The molecule has 7 rings (SSSR count). The minimum Gasteiger partial charge on any atom is -0.356 e. The van der Waals surface area contributed by atoms with Gasteiger partial charge < -0.3 is 5.32 Å². The molecule has 7 aliphatic rings. The number of nitrogens with one attached hydrogen (secondary N) is 1. The minimum absolute atomic E-state index is 0.432. The minimum atomic E-state index is 0.432. The van der Waals surface area contributed by atoms with Gasteiger partial charge in [0.05, 0.1) is 0 Å². The zero-order valence-electron chi connectivity index (χ0n) is 14.2. The highest BCUT2D eigenvalue weighted by Gasteiger charge is 2.90. The van der Waals surface area contributed by atoms with Gasteiger partial charge in [-0.25, -0.2) is 0 Å². The predicted molar refractivity (Wildman–Crippen MR) is 87.2 cm³/mol. The summed E-state index contributed by atoms with van der Waals surface area (Å²) >= 11 is 0. The molecule has 1 spiro atoms. The molecule has 0 aromatic carbocycles. The van der Waals surface area contributed by atoms with Crippen molar-refractivity contribution in [2.45, 2.75) is 45.4 Å². The zero-order chi connectivity index (χ0) is 15.1. The van der Waals surface area contributed by atoms with Gasteiger partial charge in [-0.05, 0) is 96.7 Å². The van der Waals surface area contributed by atoms with Crippen molar-refractivity contribution < 1.29 is 4.79 Å². The molecule has 0 heterocycles. The van der Waals surface area contributed by atoms with E-state index in [9.17, 15) is 4.79 Å². The van der Waals surface area contributed by atoms with Crippen molar-refractivity contribution in [2.75, 3.05) is 6.54 Å². The lowest BCUT2D eigenvalue weighted by Crippen LogP contribution is -2.35. The van der Waals surface area contributed by atoms with Gasteiger partial charge in [0, 0.05) is 12.5 Å². The fourth-order valence-electron chi connectivity index (χ4n) is 9.20. The summed E-state index contributed by atoms with van der Waals surface area (Å²) in [5.74, 6) is 10.7. The van der Waals surface area contributed by atoms with Crippen LogP contribution < -0.4 is 5.32 Å². The maximum absolute atomic E-state index is 12.8. The lowest BCUT2D eigenvalue weighted by atomic mass is 9.81. The molecule has 2 nitrogen and oxygen atoms in total. The van der Waals surface area contributed by atoms with Crippen molar-refractivity contribution in [3.63, 3.8) is 0 Å². The Kier molecular flexibility index (Phi) is 2.04. The molecular formula is C21H29NO. The molecule has 23 heavy (non-hydrogen) atoms. The maximum atomic E-state index is 12.8. The van der Waals surface area contributed by atoms with E-state index in [1.807, 2.05) is 0 Å². The van der Waals surface area contributed by atoms with Crippen LogP contribution in [0.15, 0.2) is 0 Å². The summed E-state index contributed by atoms with van der Waals surface area (Å²) in [5.41, 5.74) is 0.695. The Morgan fingerprint density at radius 2 is 1.91 bits per heavy atom. The summed E-state index contributed by atoms with van der Waals surface area (Å²) < 4.78 is 0. The number of amides is 1. The first-order valence-corrected chi connectivity index (χ1v) is 10.5. The van der Waals surface area contributed by atoms with Crippen LogP contribution in [0.3, 0.4) is 0 Å². The quantitative estimate of drug-likeness (QED) is 0.848. The van der Waals surface area contributed by atoms with Crippen molar-refractivity contribution in [1.82, 2.24) is 5.32 Å². The molecule has 7 aliphatic carbocycles. The van der Waals surface area contributed by atoms with E-state index < -0.39 is 0 Å². The van der Waals surface area contributed by atoms with E-state index in [1.54, 1.807) is 0 Å². The molecule has 10 atom stereocenters. The molecule has 1 amide bonds. The van der Waals surface area contributed by atoms with E-state index in [0.29, 0.717) is 17.2 Å². The number of hydrogen-bond donors (Lipinski definition) is 1. The van der Waals surface area contributed by atoms with E-state index in [0.717, 1.165) is 65.7 Å². The molecule has 2 bridgehead atoms. The largest absolute Gasteiger partial charge is 0.356 e. The Balaban J connectivity index is 0.986. The summed E-state index contributed by atoms with van der Waals surface area (Å²) in [5, 5.41) is 3.42. The molecule has 0 aromatic heterocycles. The molecule has 124 valence electrons. The maximum Gasteiger partial charge on any atom is 0.223 e. The normalized spacial score (nSPS) is 67.6. The standard InChI is InChI=1S/C21H29NO/c1-2-11-18-19(11)21(18)4-3-12-16(17(12)21)20(23)22-8-10-5-9-6-13(10)15-7-14(9)15/h9-19H,2-8H2,1H3,(H,22,23). The first-order chi connectivity index (χ1) is 11.3. The second-order valence-electron chi connectivity index (χ2n) is 10.5. The number of carbonyl (C=O) groups is 1. The fourth-order valence-corrected chi connectivity index (χ4v) is 9.20. The van der Waals surface area contributed by atoms with Gasteiger partial charge in [0.2, 0.25) is 5.91 Å². The molecule has 0 aliphatic heterocycles. The van der Waals surface area contributed by atoms with Crippen LogP contribution in [0.4, 0.5) is 0 Å². The van der Waals surface area contributed by atoms with Crippen LogP contribution >= 0.6 is 0 Å². The Bertz CT molecular complexity index is 603. The summed E-state index contributed by atoms with van der Waals surface area (Å²) in [6.07, 6.45) is 8.66. The fraction of sp³-hybridized carbons (Fsp3) is 0.952. The predicted octanol–water partition coefficient (Wildman–Crippen LogP) is 3.32. The van der Waals surface area contributed by atoms with Crippen LogP contribution in [0.5, 0.6) is 0 Å². The first-order valence-electron chi connectivity index (χ1n) is 10.5. The third-order valence-corrected chi connectivity index (χ3v) is 10.1. The van der Waals surface area contributed by atoms with Crippen molar-refractivity contribution in [3.8, 4) is 0 Å². The zero-order valence-corrected chi connectivity index (χ0v) is 14.2. The third kappa shape index (κ3) is 1.32. The molecule has 0 aromatic rings. The van der Waals surface area contributed by atoms with E-state index in [1.165, 1.54) is 38.5 Å². The van der Waals surface area contributed by atoms with Crippen molar-refractivity contribution in [2.24, 2.45) is 70.5 Å². The van der Waals surface area contributed by atoms with Crippen molar-refractivity contribution in [1.29, 1.82) is 0 Å². The molecule has 1 N–H and O–H groups in total. The number of hydrogen-bond acceptors (Lipinski definition) is 1. The van der Waals surface area contributed by atoms with Gasteiger partial charge in [-0.15, -0.1) is 0 Å². The third-order valence-electron chi connectivity index (χ3n) is 10.1. The van der Waals surface area contributed by atoms with Gasteiger partial charge in [-0.3, -0.25) is 4.79 Å². The van der Waals surface area contributed by atoms with E-state index in [4.69, 9.17) is 0 Å².